The molecule has 1 aromatic carbocycles. The summed E-state index contributed by atoms with van der Waals surface area (Å²) >= 11 is 2.89. The number of carbonyl (C=O) groups is 1. The van der Waals surface area contributed by atoms with Crippen LogP contribution >= 0.6 is 23.1 Å². The topological polar surface area (TPSA) is 52.0 Å². The smallest absolute Gasteiger partial charge is 0.262 e. The van der Waals surface area contributed by atoms with E-state index in [1.54, 1.807) is 22.0 Å². The number of ketones is 1. The number of Topliss-reactive ketones (excluding diaryl/α,β-unsaturated/α-hetero) is 1. The van der Waals surface area contributed by atoms with E-state index in [-0.39, 0.29) is 17.1 Å². The van der Waals surface area contributed by atoms with Gasteiger partial charge in [0.25, 0.3) is 5.56 Å². The average molecular weight is 373 g/mol. The Hall–Kier alpha value is -1.92. The Morgan fingerprint density at radius 1 is 1.20 bits per heavy atom. The van der Waals surface area contributed by atoms with Crippen LogP contribution in [0, 0.1) is 0 Å². The van der Waals surface area contributed by atoms with E-state index in [0.29, 0.717) is 22.6 Å². The monoisotopic (exact) mass is 372 g/mol. The lowest BCUT2D eigenvalue weighted by atomic mass is 10.2. The van der Waals surface area contributed by atoms with Crippen molar-refractivity contribution in [3.63, 3.8) is 0 Å². The summed E-state index contributed by atoms with van der Waals surface area (Å²) in [6.07, 6.45) is 1.78. The number of rotatable bonds is 7. The van der Waals surface area contributed by atoms with E-state index in [1.807, 2.05) is 37.3 Å². The average Bonchev–Trinajstić information content (AvgIpc) is 3.12. The van der Waals surface area contributed by atoms with Crippen molar-refractivity contribution in [2.75, 3.05) is 5.75 Å². The van der Waals surface area contributed by atoms with E-state index >= 15 is 0 Å². The molecule has 0 N–H and O–H groups in total. The van der Waals surface area contributed by atoms with Crippen molar-refractivity contribution in [2.45, 2.75) is 38.4 Å². The number of hydrogen-bond donors (Lipinski definition) is 0. The molecule has 0 spiro atoms. The third-order valence-electron chi connectivity index (χ3n) is 3.89. The molecule has 130 valence electrons. The van der Waals surface area contributed by atoms with Crippen molar-refractivity contribution in [3.05, 3.63) is 56.5 Å². The molecule has 0 saturated heterocycles. The molecule has 0 atom stereocenters. The Balaban J connectivity index is 1.88. The van der Waals surface area contributed by atoms with Gasteiger partial charge in [0.05, 0.1) is 21.5 Å². The second-order valence-electron chi connectivity index (χ2n) is 5.70. The largest absolute Gasteiger partial charge is 0.292 e. The van der Waals surface area contributed by atoms with Crippen molar-refractivity contribution in [1.29, 1.82) is 0 Å². The molecule has 25 heavy (non-hydrogen) atoms. The van der Waals surface area contributed by atoms with Crippen LogP contribution in [-0.4, -0.2) is 21.1 Å². The molecule has 0 unspecified atom stereocenters. The lowest BCUT2D eigenvalue weighted by Gasteiger charge is -2.11. The lowest BCUT2D eigenvalue weighted by molar-refractivity contribution is 0.102. The quantitative estimate of drug-likeness (QED) is 0.350. The van der Waals surface area contributed by atoms with Crippen molar-refractivity contribution in [3.8, 4) is 0 Å². The van der Waals surface area contributed by atoms with E-state index in [9.17, 15) is 9.59 Å². The fraction of sp³-hybridized carbons (Fsp3) is 0.316. The number of nitrogens with zero attached hydrogens (tertiary/aromatic N) is 2. The van der Waals surface area contributed by atoms with E-state index < -0.39 is 0 Å². The van der Waals surface area contributed by atoms with Crippen LogP contribution in [-0.2, 0) is 13.0 Å². The number of para-hydroxylation sites is 1. The Morgan fingerprint density at radius 3 is 2.72 bits per heavy atom. The molecule has 0 aliphatic carbocycles. The van der Waals surface area contributed by atoms with Crippen LogP contribution in [0.1, 0.15) is 34.8 Å². The predicted octanol–water partition coefficient (Wildman–Crippen LogP) is 4.41. The molecule has 0 aliphatic rings. The summed E-state index contributed by atoms with van der Waals surface area (Å²) in [6.45, 7) is 4.71. The van der Waals surface area contributed by atoms with Gasteiger partial charge in [-0.2, -0.15) is 0 Å². The number of fused-ring (bicyclic) bond motifs is 1. The SMILES string of the molecule is CCCn1c(SCC(=O)c2ccc(CC)s2)nc2ccccc2c1=O. The third-order valence-corrected chi connectivity index (χ3v) is 6.14. The second-order valence-corrected chi connectivity index (χ2v) is 7.81. The van der Waals surface area contributed by atoms with Gasteiger partial charge in [-0.05, 0) is 37.1 Å². The molecular formula is C19H20N2O2S2. The molecule has 0 radical (unpaired) electrons. The van der Waals surface area contributed by atoms with Crippen molar-refractivity contribution >= 4 is 39.8 Å². The Bertz CT molecular complexity index is 959. The molecule has 6 heteroatoms. The van der Waals surface area contributed by atoms with Gasteiger partial charge in [-0.25, -0.2) is 4.98 Å². The van der Waals surface area contributed by atoms with Crippen molar-refractivity contribution < 1.29 is 4.79 Å². The highest BCUT2D eigenvalue weighted by atomic mass is 32.2. The van der Waals surface area contributed by atoms with E-state index in [2.05, 4.69) is 11.9 Å². The number of aromatic nitrogens is 2. The number of aryl methyl sites for hydroxylation is 1. The van der Waals surface area contributed by atoms with Gasteiger partial charge in [0.1, 0.15) is 0 Å². The fourth-order valence-corrected chi connectivity index (χ4v) is 4.48. The zero-order valence-corrected chi connectivity index (χ0v) is 16.0. The Morgan fingerprint density at radius 2 is 2.00 bits per heavy atom. The van der Waals surface area contributed by atoms with Crippen LogP contribution in [0.4, 0.5) is 0 Å². The van der Waals surface area contributed by atoms with Crippen LogP contribution in [0.15, 0.2) is 46.3 Å². The van der Waals surface area contributed by atoms with Crippen LogP contribution < -0.4 is 5.56 Å². The number of thiophene rings is 1. The molecule has 0 aliphatic heterocycles. The third kappa shape index (κ3) is 3.85. The predicted molar refractivity (Wildman–Crippen MR) is 105 cm³/mol. The molecule has 0 fully saturated rings. The van der Waals surface area contributed by atoms with Gasteiger partial charge in [0.2, 0.25) is 0 Å². The van der Waals surface area contributed by atoms with Crippen molar-refractivity contribution in [2.24, 2.45) is 0 Å². The molecule has 3 aromatic rings. The first-order valence-electron chi connectivity index (χ1n) is 8.38. The number of thioether (sulfide) groups is 1. The Kier molecular flexibility index (Phi) is 5.71. The summed E-state index contributed by atoms with van der Waals surface area (Å²) in [7, 11) is 0. The summed E-state index contributed by atoms with van der Waals surface area (Å²) in [5.74, 6) is 0.373. The summed E-state index contributed by atoms with van der Waals surface area (Å²) in [5.41, 5.74) is 0.644. The fourth-order valence-electron chi connectivity index (χ4n) is 2.60. The minimum Gasteiger partial charge on any atom is -0.292 e. The van der Waals surface area contributed by atoms with E-state index in [0.717, 1.165) is 17.7 Å². The maximum absolute atomic E-state index is 12.7. The molecular weight excluding hydrogens is 352 g/mol. The highest BCUT2D eigenvalue weighted by Gasteiger charge is 2.14. The van der Waals surface area contributed by atoms with Gasteiger partial charge < -0.3 is 0 Å². The zero-order chi connectivity index (χ0) is 17.8. The van der Waals surface area contributed by atoms with Gasteiger partial charge in [0, 0.05) is 11.4 Å². The number of hydrogen-bond acceptors (Lipinski definition) is 5. The van der Waals surface area contributed by atoms with Crippen molar-refractivity contribution in [1.82, 2.24) is 9.55 Å². The normalized spacial score (nSPS) is 11.1. The molecule has 0 amide bonds. The van der Waals surface area contributed by atoms with Gasteiger partial charge in [-0.3, -0.25) is 14.2 Å². The van der Waals surface area contributed by atoms with Gasteiger partial charge in [-0.1, -0.05) is 37.7 Å². The summed E-state index contributed by atoms with van der Waals surface area (Å²) in [4.78, 5) is 31.8. The van der Waals surface area contributed by atoms with Crippen LogP contribution in [0.25, 0.3) is 10.9 Å². The number of benzene rings is 1. The first kappa shape index (κ1) is 17.9. The Labute approximate surface area is 154 Å². The lowest BCUT2D eigenvalue weighted by Crippen LogP contribution is -2.23. The highest BCUT2D eigenvalue weighted by Crippen LogP contribution is 2.23. The molecule has 3 rings (SSSR count). The molecule has 0 saturated carbocycles. The van der Waals surface area contributed by atoms with Gasteiger partial charge >= 0.3 is 0 Å². The molecule has 0 bridgehead atoms. The highest BCUT2D eigenvalue weighted by molar-refractivity contribution is 7.99. The first-order valence-corrected chi connectivity index (χ1v) is 10.2. The summed E-state index contributed by atoms with van der Waals surface area (Å²) in [6, 6.07) is 11.2. The minimum absolute atomic E-state index is 0.0354. The van der Waals surface area contributed by atoms with E-state index in [1.165, 1.54) is 16.6 Å². The molecule has 2 heterocycles. The number of carbonyl (C=O) groups excluding carboxylic acids is 1. The van der Waals surface area contributed by atoms with Crippen LogP contribution in [0.2, 0.25) is 0 Å². The second kappa shape index (κ2) is 7.97. The minimum atomic E-state index is -0.0354. The standard InChI is InChI=1S/C19H20N2O2S2/c1-3-11-21-18(23)14-7-5-6-8-15(14)20-19(21)24-12-16(22)17-10-9-13(4-2)25-17/h5-10H,3-4,11-12H2,1-2H3. The maximum atomic E-state index is 12.7. The van der Waals surface area contributed by atoms with Gasteiger partial charge in [0.15, 0.2) is 10.9 Å². The zero-order valence-electron chi connectivity index (χ0n) is 14.3. The van der Waals surface area contributed by atoms with Crippen LogP contribution in [0.3, 0.4) is 0 Å². The van der Waals surface area contributed by atoms with E-state index in [4.69, 9.17) is 0 Å². The molecule has 4 nitrogen and oxygen atoms in total. The summed E-state index contributed by atoms with van der Waals surface area (Å²) in [5, 5.41) is 1.24. The van der Waals surface area contributed by atoms with Gasteiger partial charge in [-0.15, -0.1) is 11.3 Å². The summed E-state index contributed by atoms with van der Waals surface area (Å²) < 4.78 is 1.69. The van der Waals surface area contributed by atoms with Crippen LogP contribution in [0.5, 0.6) is 0 Å². The molecule has 2 aromatic heterocycles. The maximum Gasteiger partial charge on any atom is 0.262 e. The first-order chi connectivity index (χ1) is 12.1.